The molecule has 1 aromatic carbocycles. The van der Waals surface area contributed by atoms with E-state index in [1.54, 1.807) is 7.11 Å². The first-order chi connectivity index (χ1) is 12.3. The first-order valence-corrected chi connectivity index (χ1v) is 9.05. The molecule has 0 aromatic heterocycles. The van der Waals surface area contributed by atoms with E-state index in [0.717, 1.165) is 37.4 Å². The molecule has 1 heterocycles. The second kappa shape index (κ2) is 8.98. The summed E-state index contributed by atoms with van der Waals surface area (Å²) in [5, 5.41) is 2.95. The Morgan fingerprint density at radius 3 is 2.58 bits per heavy atom. The molecule has 1 aromatic rings. The number of anilines is 2. The second-order valence-corrected chi connectivity index (χ2v) is 7.44. The van der Waals surface area contributed by atoms with Gasteiger partial charge in [0.05, 0.1) is 12.3 Å². The van der Waals surface area contributed by atoms with Gasteiger partial charge in [0.15, 0.2) is 0 Å². The summed E-state index contributed by atoms with van der Waals surface area (Å²) in [6, 6.07) is 5.79. The van der Waals surface area contributed by atoms with Crippen molar-refractivity contribution in [1.82, 2.24) is 5.32 Å². The van der Waals surface area contributed by atoms with Crippen LogP contribution in [-0.4, -0.2) is 51.1 Å². The van der Waals surface area contributed by atoms with Gasteiger partial charge in [-0.2, -0.15) is 0 Å². The Bertz CT molecular complexity index is 593. The molecule has 1 aliphatic heterocycles. The van der Waals surface area contributed by atoms with Gasteiger partial charge in [0.1, 0.15) is 23.6 Å². The first-order valence-electron chi connectivity index (χ1n) is 9.05. The number of hydrogen-bond donors (Lipinski definition) is 2. The molecule has 26 heavy (non-hydrogen) atoms. The van der Waals surface area contributed by atoms with Crippen LogP contribution in [0.25, 0.3) is 0 Å². The van der Waals surface area contributed by atoms with Crippen LogP contribution in [0.1, 0.15) is 33.6 Å². The molecular weight excluding hydrogens is 334 g/mol. The van der Waals surface area contributed by atoms with Crippen molar-refractivity contribution in [2.24, 2.45) is 0 Å². The van der Waals surface area contributed by atoms with Crippen LogP contribution >= 0.6 is 0 Å². The summed E-state index contributed by atoms with van der Waals surface area (Å²) in [4.78, 5) is 14.1. The van der Waals surface area contributed by atoms with Crippen LogP contribution in [0.2, 0.25) is 0 Å². The number of nitrogens with zero attached hydrogens (tertiary/aromatic N) is 1. The van der Waals surface area contributed by atoms with Gasteiger partial charge in [-0.15, -0.1) is 0 Å². The predicted molar refractivity (Wildman–Crippen MR) is 103 cm³/mol. The molecule has 0 spiro atoms. The van der Waals surface area contributed by atoms with E-state index in [1.165, 1.54) is 0 Å². The maximum atomic E-state index is 11.9. The molecule has 1 amide bonds. The van der Waals surface area contributed by atoms with Crippen molar-refractivity contribution in [3.05, 3.63) is 18.2 Å². The molecule has 7 nitrogen and oxygen atoms in total. The number of ether oxygens (including phenoxy) is 3. The number of amides is 1. The number of alkyl carbamates (subject to hydrolysis) is 1. The fourth-order valence-corrected chi connectivity index (χ4v) is 2.95. The minimum Gasteiger partial charge on any atom is -0.489 e. The molecule has 3 N–H and O–H groups in total. The maximum absolute atomic E-state index is 11.9. The molecule has 2 rings (SSSR count). The van der Waals surface area contributed by atoms with Crippen LogP contribution in [0.3, 0.4) is 0 Å². The maximum Gasteiger partial charge on any atom is 0.407 e. The van der Waals surface area contributed by atoms with Gasteiger partial charge in [-0.05, 0) is 45.7 Å². The van der Waals surface area contributed by atoms with Gasteiger partial charge in [-0.1, -0.05) is 6.07 Å². The van der Waals surface area contributed by atoms with E-state index in [1.807, 2.05) is 39.0 Å². The molecule has 0 atom stereocenters. The third-order valence-corrected chi connectivity index (χ3v) is 4.11. The molecule has 0 bridgehead atoms. The number of piperidine rings is 1. The number of nitrogens with one attached hydrogen (secondary N) is 1. The molecule has 1 saturated heterocycles. The van der Waals surface area contributed by atoms with Crippen molar-refractivity contribution >= 4 is 17.5 Å². The summed E-state index contributed by atoms with van der Waals surface area (Å²) in [5.41, 5.74) is 7.32. The zero-order valence-electron chi connectivity index (χ0n) is 16.2. The zero-order chi connectivity index (χ0) is 19.2. The van der Waals surface area contributed by atoms with Crippen molar-refractivity contribution < 1.29 is 19.0 Å². The average molecular weight is 365 g/mol. The summed E-state index contributed by atoms with van der Waals surface area (Å²) in [5.74, 6) is 0.764. The third-order valence-electron chi connectivity index (χ3n) is 4.11. The number of nitrogens with two attached hydrogens (primary N) is 1. The molecule has 1 fully saturated rings. The minimum absolute atomic E-state index is 0.101. The van der Waals surface area contributed by atoms with Crippen molar-refractivity contribution in [3.8, 4) is 5.75 Å². The summed E-state index contributed by atoms with van der Waals surface area (Å²) in [7, 11) is 1.64. The van der Waals surface area contributed by atoms with Crippen LogP contribution in [0.4, 0.5) is 16.2 Å². The highest BCUT2D eigenvalue weighted by Gasteiger charge is 2.26. The number of carbonyl (C=O) groups is 1. The number of methoxy groups -OCH3 is 1. The molecule has 1 aliphatic rings. The van der Waals surface area contributed by atoms with Crippen LogP contribution in [0.5, 0.6) is 5.75 Å². The SMILES string of the molecule is COCCOc1cccc(N)c1N1CCC(NC(=O)OC(C)(C)C)CC1. The Hall–Kier alpha value is -2.15. The highest BCUT2D eigenvalue weighted by Crippen LogP contribution is 2.36. The molecule has 0 radical (unpaired) electrons. The molecule has 146 valence electrons. The van der Waals surface area contributed by atoms with Crippen molar-refractivity contribution in [2.45, 2.75) is 45.3 Å². The number of carbonyl (C=O) groups excluding carboxylic acids is 1. The number of nitrogen functional groups attached to an aromatic ring is 1. The molecular formula is C19H31N3O4. The topological polar surface area (TPSA) is 86.1 Å². The van der Waals surface area contributed by atoms with E-state index in [4.69, 9.17) is 19.9 Å². The van der Waals surface area contributed by atoms with Gasteiger partial charge in [0, 0.05) is 26.2 Å². The molecule has 0 aliphatic carbocycles. The van der Waals surface area contributed by atoms with Gasteiger partial charge >= 0.3 is 6.09 Å². The Balaban J connectivity index is 1.94. The zero-order valence-corrected chi connectivity index (χ0v) is 16.2. The Kier molecular flexibility index (Phi) is 6.97. The normalized spacial score (nSPS) is 15.6. The largest absolute Gasteiger partial charge is 0.489 e. The standard InChI is InChI=1S/C19H31N3O4/c1-19(2,3)26-18(23)21-14-8-10-22(11-9-14)17-15(20)6-5-7-16(17)25-13-12-24-4/h5-7,14H,8-13,20H2,1-4H3,(H,21,23). The Morgan fingerprint density at radius 2 is 1.96 bits per heavy atom. The molecule has 7 heteroatoms. The average Bonchev–Trinajstić information content (AvgIpc) is 2.54. The lowest BCUT2D eigenvalue weighted by Gasteiger charge is -2.35. The van der Waals surface area contributed by atoms with Gasteiger partial charge in [0.25, 0.3) is 0 Å². The van der Waals surface area contributed by atoms with Gasteiger partial charge in [-0.3, -0.25) is 0 Å². The van der Waals surface area contributed by atoms with Gasteiger partial charge < -0.3 is 30.2 Å². The van der Waals surface area contributed by atoms with E-state index in [-0.39, 0.29) is 12.1 Å². The van der Waals surface area contributed by atoms with E-state index in [2.05, 4.69) is 10.2 Å². The van der Waals surface area contributed by atoms with Crippen LogP contribution in [0, 0.1) is 0 Å². The number of hydrogen-bond acceptors (Lipinski definition) is 6. The van der Waals surface area contributed by atoms with E-state index in [9.17, 15) is 4.79 Å². The van der Waals surface area contributed by atoms with Crippen molar-refractivity contribution in [3.63, 3.8) is 0 Å². The Labute approximate surface area is 155 Å². The smallest absolute Gasteiger partial charge is 0.407 e. The monoisotopic (exact) mass is 365 g/mol. The lowest BCUT2D eigenvalue weighted by Crippen LogP contribution is -2.46. The highest BCUT2D eigenvalue weighted by atomic mass is 16.6. The fraction of sp³-hybridized carbons (Fsp3) is 0.632. The highest BCUT2D eigenvalue weighted by molar-refractivity contribution is 5.75. The van der Waals surface area contributed by atoms with Crippen LogP contribution in [-0.2, 0) is 9.47 Å². The van der Waals surface area contributed by atoms with Gasteiger partial charge in [0.2, 0.25) is 0 Å². The van der Waals surface area contributed by atoms with E-state index < -0.39 is 5.60 Å². The first kappa shape index (κ1) is 20.2. The summed E-state index contributed by atoms with van der Waals surface area (Å²) in [6.45, 7) is 8.15. The quantitative estimate of drug-likeness (QED) is 0.595. The fourth-order valence-electron chi connectivity index (χ4n) is 2.95. The van der Waals surface area contributed by atoms with E-state index >= 15 is 0 Å². The summed E-state index contributed by atoms with van der Waals surface area (Å²) < 4.78 is 16.2. The predicted octanol–water partition coefficient (Wildman–Crippen LogP) is 2.79. The second-order valence-electron chi connectivity index (χ2n) is 7.44. The third kappa shape index (κ3) is 5.98. The number of rotatable bonds is 6. The lowest BCUT2D eigenvalue weighted by molar-refractivity contribution is 0.0497. The minimum atomic E-state index is -0.488. The molecule has 0 unspecified atom stereocenters. The van der Waals surface area contributed by atoms with Crippen LogP contribution < -0.4 is 20.7 Å². The Morgan fingerprint density at radius 1 is 1.27 bits per heavy atom. The van der Waals surface area contributed by atoms with Crippen molar-refractivity contribution in [2.75, 3.05) is 44.0 Å². The van der Waals surface area contributed by atoms with Crippen molar-refractivity contribution in [1.29, 1.82) is 0 Å². The van der Waals surface area contributed by atoms with Gasteiger partial charge in [-0.25, -0.2) is 4.79 Å². The molecule has 0 saturated carbocycles. The number of para-hydroxylation sites is 1. The van der Waals surface area contributed by atoms with Crippen LogP contribution in [0.15, 0.2) is 18.2 Å². The summed E-state index contributed by atoms with van der Waals surface area (Å²) in [6.07, 6.45) is 1.29. The number of benzene rings is 1. The lowest BCUT2D eigenvalue weighted by atomic mass is 10.0. The van der Waals surface area contributed by atoms with E-state index in [0.29, 0.717) is 18.9 Å². The summed E-state index contributed by atoms with van der Waals surface area (Å²) >= 11 is 0.